The van der Waals surface area contributed by atoms with Gasteiger partial charge in [0.15, 0.2) is 0 Å². The van der Waals surface area contributed by atoms with E-state index in [4.69, 9.17) is 5.73 Å². The SMILES string of the molecule is NCC(=O)N[C@H](Cc1ccc(O)cc1)C(=O)N1CCC[C@H]1C(=O)N[C@H](Cc1c[nH]c2ccccc12)C(=O)N[C@H](Cc1ccccc1)C(=O)O. The zero-order chi connectivity index (χ0) is 34.9. The van der Waals surface area contributed by atoms with E-state index in [-0.39, 0.29) is 38.1 Å². The molecule has 0 unspecified atom stereocenters. The van der Waals surface area contributed by atoms with Gasteiger partial charge in [-0.3, -0.25) is 19.2 Å². The lowest BCUT2D eigenvalue weighted by molar-refractivity contribution is -0.143. The monoisotopic (exact) mass is 668 g/mol. The van der Waals surface area contributed by atoms with Crippen LogP contribution in [0, 0.1) is 0 Å². The van der Waals surface area contributed by atoms with Crippen molar-refractivity contribution in [3.63, 3.8) is 0 Å². The predicted octanol–water partition coefficient (Wildman–Crippen LogP) is 1.39. The first-order valence-corrected chi connectivity index (χ1v) is 16.1. The quantitative estimate of drug-likeness (QED) is 0.104. The van der Waals surface area contributed by atoms with E-state index in [2.05, 4.69) is 20.9 Å². The molecule has 13 heteroatoms. The summed E-state index contributed by atoms with van der Waals surface area (Å²) in [5.74, 6) is -3.46. The number of benzene rings is 3. The fourth-order valence-corrected chi connectivity index (χ4v) is 6.14. The normalized spacial score (nSPS) is 16.0. The Morgan fingerprint density at radius 1 is 0.816 bits per heavy atom. The van der Waals surface area contributed by atoms with E-state index in [1.54, 1.807) is 42.6 Å². The van der Waals surface area contributed by atoms with Gasteiger partial charge < -0.3 is 41.8 Å². The highest BCUT2D eigenvalue weighted by Gasteiger charge is 2.39. The van der Waals surface area contributed by atoms with Crippen molar-refractivity contribution in [1.82, 2.24) is 25.8 Å². The Bertz CT molecular complexity index is 1790. The molecule has 3 aromatic carbocycles. The molecule has 256 valence electrons. The minimum atomic E-state index is -1.26. The van der Waals surface area contributed by atoms with Crippen molar-refractivity contribution < 1.29 is 34.2 Å². The van der Waals surface area contributed by atoms with Gasteiger partial charge in [-0.15, -0.1) is 0 Å². The van der Waals surface area contributed by atoms with Crippen LogP contribution in [0.5, 0.6) is 5.75 Å². The number of amides is 4. The number of phenolic OH excluding ortho intramolecular Hbond substituents is 1. The highest BCUT2D eigenvalue weighted by molar-refractivity contribution is 5.96. The molecule has 1 aliphatic rings. The lowest BCUT2D eigenvalue weighted by Gasteiger charge is -2.30. The van der Waals surface area contributed by atoms with Crippen LogP contribution in [-0.4, -0.2) is 87.0 Å². The molecule has 4 amide bonds. The first kappa shape index (κ1) is 34.6. The second-order valence-corrected chi connectivity index (χ2v) is 12.1. The molecule has 5 rings (SSSR count). The van der Waals surface area contributed by atoms with Crippen LogP contribution in [0.3, 0.4) is 0 Å². The summed E-state index contributed by atoms with van der Waals surface area (Å²) >= 11 is 0. The van der Waals surface area contributed by atoms with Crippen LogP contribution >= 0.6 is 0 Å². The second-order valence-electron chi connectivity index (χ2n) is 12.1. The molecule has 4 aromatic rings. The standard InChI is InChI=1S/C36H40N6O7/c37-20-32(44)39-29(17-23-12-14-25(43)15-13-23)35(47)42-16-6-11-31(42)34(46)40-28(19-24-21-38-27-10-5-4-9-26(24)27)33(45)41-30(36(48)49)18-22-7-2-1-3-8-22/h1-5,7-10,12-15,21,28-31,38,43H,6,11,16-20,37H2,(H,39,44)(H,40,46)(H,41,45)(H,48,49)/t28-,29-,30-,31+/m1/s1. The number of nitrogens with two attached hydrogens (primary N) is 1. The van der Waals surface area contributed by atoms with Gasteiger partial charge in [0.1, 0.15) is 29.9 Å². The minimum Gasteiger partial charge on any atom is -0.508 e. The molecule has 49 heavy (non-hydrogen) atoms. The molecule has 0 saturated carbocycles. The highest BCUT2D eigenvalue weighted by atomic mass is 16.4. The number of aromatic nitrogens is 1. The summed E-state index contributed by atoms with van der Waals surface area (Å²) in [6, 6.07) is 18.2. The topological polar surface area (TPSA) is 207 Å². The molecule has 1 fully saturated rings. The van der Waals surface area contributed by atoms with E-state index in [1.165, 1.54) is 17.0 Å². The van der Waals surface area contributed by atoms with Crippen LogP contribution in [0.4, 0.5) is 0 Å². The van der Waals surface area contributed by atoms with Gasteiger partial charge in [0, 0.05) is 42.9 Å². The van der Waals surface area contributed by atoms with E-state index in [1.807, 2.05) is 30.3 Å². The van der Waals surface area contributed by atoms with Crippen molar-refractivity contribution in [2.45, 2.75) is 56.3 Å². The number of carboxylic acids is 1. The maximum Gasteiger partial charge on any atom is 0.326 e. The molecule has 0 radical (unpaired) electrons. The first-order chi connectivity index (χ1) is 23.6. The number of nitrogens with zero attached hydrogens (tertiary/aromatic N) is 1. The molecule has 4 atom stereocenters. The summed E-state index contributed by atoms with van der Waals surface area (Å²) in [7, 11) is 0. The Morgan fingerprint density at radius 2 is 1.49 bits per heavy atom. The smallest absolute Gasteiger partial charge is 0.326 e. The van der Waals surface area contributed by atoms with Gasteiger partial charge >= 0.3 is 5.97 Å². The van der Waals surface area contributed by atoms with Gasteiger partial charge in [0.05, 0.1) is 6.54 Å². The average Bonchev–Trinajstić information content (AvgIpc) is 3.76. The number of para-hydroxylation sites is 1. The first-order valence-electron chi connectivity index (χ1n) is 16.1. The fourth-order valence-electron chi connectivity index (χ4n) is 6.14. The molecule has 1 saturated heterocycles. The number of fused-ring (bicyclic) bond motifs is 1. The van der Waals surface area contributed by atoms with Crippen LogP contribution in [0.25, 0.3) is 10.9 Å². The number of aliphatic carboxylic acids is 1. The number of H-pyrrole nitrogens is 1. The van der Waals surface area contributed by atoms with Crippen molar-refractivity contribution in [2.24, 2.45) is 5.73 Å². The van der Waals surface area contributed by atoms with E-state index in [0.29, 0.717) is 18.4 Å². The number of aromatic amines is 1. The number of carboxylic acid groups (broad SMARTS) is 1. The number of hydrogen-bond donors (Lipinski definition) is 7. The Hall–Kier alpha value is -5.69. The summed E-state index contributed by atoms with van der Waals surface area (Å²) in [6.07, 6.45) is 2.77. The zero-order valence-corrected chi connectivity index (χ0v) is 26.8. The van der Waals surface area contributed by atoms with E-state index in [9.17, 15) is 34.2 Å². The summed E-state index contributed by atoms with van der Waals surface area (Å²) in [4.78, 5) is 70.7. The molecule has 0 spiro atoms. The van der Waals surface area contributed by atoms with Crippen LogP contribution in [-0.2, 0) is 43.2 Å². The molecule has 2 heterocycles. The van der Waals surface area contributed by atoms with Gasteiger partial charge in [-0.25, -0.2) is 4.79 Å². The third-order valence-corrected chi connectivity index (χ3v) is 8.66. The summed E-state index contributed by atoms with van der Waals surface area (Å²) in [5, 5.41) is 28.6. The fraction of sp³-hybridized carbons (Fsp3) is 0.306. The van der Waals surface area contributed by atoms with Gasteiger partial charge in [-0.2, -0.15) is 0 Å². The van der Waals surface area contributed by atoms with Crippen LogP contribution in [0.15, 0.2) is 85.1 Å². The average molecular weight is 669 g/mol. The molecule has 0 bridgehead atoms. The van der Waals surface area contributed by atoms with Crippen molar-refractivity contribution in [3.8, 4) is 5.75 Å². The minimum absolute atomic E-state index is 0.0392. The largest absolute Gasteiger partial charge is 0.508 e. The van der Waals surface area contributed by atoms with Gasteiger partial charge in [0.25, 0.3) is 0 Å². The summed E-state index contributed by atoms with van der Waals surface area (Å²) in [5.41, 5.74) is 8.49. The number of likely N-dealkylation sites (tertiary alicyclic amines) is 1. The van der Waals surface area contributed by atoms with Crippen LogP contribution in [0.1, 0.15) is 29.5 Å². The molecule has 8 N–H and O–H groups in total. The van der Waals surface area contributed by atoms with E-state index < -0.39 is 53.8 Å². The molecule has 1 aromatic heterocycles. The maximum atomic E-state index is 13.9. The number of phenols is 1. The van der Waals surface area contributed by atoms with E-state index >= 15 is 0 Å². The van der Waals surface area contributed by atoms with Crippen LogP contribution < -0.4 is 21.7 Å². The lowest BCUT2D eigenvalue weighted by atomic mass is 10.0. The Kier molecular flexibility index (Phi) is 11.3. The summed E-state index contributed by atoms with van der Waals surface area (Å²) in [6.45, 7) is -0.0888. The van der Waals surface area contributed by atoms with Crippen molar-refractivity contribution >= 4 is 40.5 Å². The zero-order valence-electron chi connectivity index (χ0n) is 26.8. The number of carbonyl (C=O) groups is 5. The highest BCUT2D eigenvalue weighted by Crippen LogP contribution is 2.23. The van der Waals surface area contributed by atoms with Gasteiger partial charge in [0.2, 0.25) is 23.6 Å². The van der Waals surface area contributed by atoms with Crippen molar-refractivity contribution in [2.75, 3.05) is 13.1 Å². The number of aromatic hydroxyl groups is 1. The number of rotatable bonds is 14. The second kappa shape index (κ2) is 15.9. The molecule has 0 aliphatic carbocycles. The molecule has 1 aliphatic heterocycles. The lowest BCUT2D eigenvalue weighted by Crippen LogP contribution is -2.58. The maximum absolute atomic E-state index is 13.9. The molecule has 13 nitrogen and oxygen atoms in total. The number of nitrogens with one attached hydrogen (secondary N) is 4. The Morgan fingerprint density at radius 3 is 2.20 bits per heavy atom. The van der Waals surface area contributed by atoms with Crippen molar-refractivity contribution in [1.29, 1.82) is 0 Å². The van der Waals surface area contributed by atoms with E-state index in [0.717, 1.165) is 22.0 Å². The number of hydrogen-bond acceptors (Lipinski definition) is 7. The molecular weight excluding hydrogens is 628 g/mol. The Balaban J connectivity index is 1.37. The third kappa shape index (κ3) is 8.82. The number of carbonyl (C=O) groups excluding carboxylic acids is 4. The molecular formula is C36H40N6O7. The van der Waals surface area contributed by atoms with Crippen LogP contribution in [0.2, 0.25) is 0 Å². The summed E-state index contributed by atoms with van der Waals surface area (Å²) < 4.78 is 0. The Labute approximate surface area is 282 Å². The predicted molar refractivity (Wildman–Crippen MR) is 181 cm³/mol. The van der Waals surface area contributed by atoms with Crippen molar-refractivity contribution in [3.05, 3.63) is 102 Å². The third-order valence-electron chi connectivity index (χ3n) is 8.66. The van der Waals surface area contributed by atoms with Gasteiger partial charge in [-0.1, -0.05) is 60.7 Å². The van der Waals surface area contributed by atoms with Gasteiger partial charge in [-0.05, 0) is 47.7 Å².